The zero-order chi connectivity index (χ0) is 15.9. The van der Waals surface area contributed by atoms with Crippen molar-refractivity contribution in [2.45, 2.75) is 58.5 Å². The molecule has 0 aromatic carbocycles. The van der Waals surface area contributed by atoms with Crippen LogP contribution in [-0.4, -0.2) is 31.1 Å². The summed E-state index contributed by atoms with van der Waals surface area (Å²) in [6.45, 7) is 6.63. The lowest BCUT2D eigenvalue weighted by Crippen LogP contribution is -2.22. The highest BCUT2D eigenvalue weighted by Crippen LogP contribution is 2.21. The zero-order valence-electron chi connectivity index (χ0n) is 13.7. The molecule has 1 fully saturated rings. The molecule has 2 unspecified atom stereocenters. The van der Waals surface area contributed by atoms with Crippen molar-refractivity contribution < 1.29 is 19.1 Å². The molecule has 1 heterocycles. The first-order chi connectivity index (χ1) is 9.84. The molecule has 0 saturated carbocycles. The van der Waals surface area contributed by atoms with Crippen molar-refractivity contribution in [3.05, 3.63) is 12.2 Å². The number of rotatable bonds is 9. The van der Waals surface area contributed by atoms with Crippen molar-refractivity contribution in [1.29, 1.82) is 0 Å². The first-order valence-corrected chi connectivity index (χ1v) is 7.75. The highest BCUT2D eigenvalue weighted by molar-refractivity contribution is 5.95. The molecule has 0 spiro atoms. The number of esters is 1. The predicted octanol–water partition coefficient (Wildman–Crippen LogP) is 3.30. The highest BCUT2D eigenvalue weighted by Gasteiger charge is 2.28. The third-order valence-electron chi connectivity index (χ3n) is 4.11. The van der Waals surface area contributed by atoms with Gasteiger partial charge in [0.2, 0.25) is 0 Å². The normalized spacial score (nSPS) is 20.8. The summed E-state index contributed by atoms with van der Waals surface area (Å²) in [5.74, 6) is 0.0131. The predicted molar refractivity (Wildman–Crippen MR) is 81.9 cm³/mol. The SMILES string of the molecule is COC(C)(C)CCCC(C)C/C=C/C(=O)C1COC(=O)C1. The minimum absolute atomic E-state index is 0.00793. The van der Waals surface area contributed by atoms with E-state index in [-0.39, 0.29) is 36.3 Å². The van der Waals surface area contributed by atoms with Crippen molar-refractivity contribution in [3.8, 4) is 0 Å². The Balaban J connectivity index is 2.20. The first-order valence-electron chi connectivity index (χ1n) is 7.75. The fourth-order valence-electron chi connectivity index (χ4n) is 2.34. The molecule has 0 amide bonds. The monoisotopic (exact) mass is 296 g/mol. The molecule has 1 rings (SSSR count). The third kappa shape index (κ3) is 6.89. The minimum atomic E-state index is -0.272. The maximum atomic E-state index is 11.8. The van der Waals surface area contributed by atoms with Gasteiger partial charge in [0.1, 0.15) is 6.61 Å². The second-order valence-electron chi connectivity index (χ2n) is 6.59. The fraction of sp³-hybridized carbons (Fsp3) is 0.765. The molecule has 1 aliphatic rings. The standard InChI is InChI=1S/C17H28O4/c1-13(8-6-10-17(2,3)20-4)7-5-9-15(18)14-11-16(19)21-12-14/h5,9,13-14H,6-8,10-12H2,1-4H3/b9-5+. The van der Waals surface area contributed by atoms with Gasteiger partial charge in [0, 0.05) is 7.11 Å². The molecule has 0 radical (unpaired) electrons. The van der Waals surface area contributed by atoms with Crippen LogP contribution in [0.25, 0.3) is 0 Å². The second-order valence-corrected chi connectivity index (χ2v) is 6.59. The van der Waals surface area contributed by atoms with Crippen LogP contribution in [0.2, 0.25) is 0 Å². The minimum Gasteiger partial charge on any atom is -0.465 e. The number of carbonyl (C=O) groups excluding carboxylic acids is 2. The van der Waals surface area contributed by atoms with E-state index in [9.17, 15) is 9.59 Å². The Morgan fingerprint density at radius 1 is 1.52 bits per heavy atom. The number of ketones is 1. The molecule has 1 aliphatic heterocycles. The topological polar surface area (TPSA) is 52.6 Å². The maximum absolute atomic E-state index is 11.8. The van der Waals surface area contributed by atoms with E-state index in [1.165, 1.54) is 0 Å². The average molecular weight is 296 g/mol. The number of allylic oxidation sites excluding steroid dienone is 2. The second kappa shape index (κ2) is 8.32. The van der Waals surface area contributed by atoms with Gasteiger partial charge in [-0.05, 0) is 38.7 Å². The molecule has 0 aromatic rings. The Kier molecular flexibility index (Phi) is 7.09. The summed E-state index contributed by atoms with van der Waals surface area (Å²) in [7, 11) is 1.75. The Labute approximate surface area is 127 Å². The Bertz CT molecular complexity index is 384. The van der Waals surface area contributed by atoms with Crippen LogP contribution in [0.1, 0.15) is 52.9 Å². The van der Waals surface area contributed by atoms with Gasteiger partial charge in [-0.3, -0.25) is 9.59 Å². The summed E-state index contributed by atoms with van der Waals surface area (Å²) in [5.41, 5.74) is -0.0550. The van der Waals surface area contributed by atoms with Gasteiger partial charge >= 0.3 is 5.97 Å². The van der Waals surface area contributed by atoms with E-state index >= 15 is 0 Å². The lowest BCUT2D eigenvalue weighted by molar-refractivity contribution is -0.137. The van der Waals surface area contributed by atoms with Crippen LogP contribution in [0.5, 0.6) is 0 Å². The zero-order valence-corrected chi connectivity index (χ0v) is 13.7. The molecule has 0 N–H and O–H groups in total. The summed E-state index contributed by atoms with van der Waals surface area (Å²) in [5, 5.41) is 0. The molecule has 4 nitrogen and oxygen atoms in total. The van der Waals surface area contributed by atoms with Crippen LogP contribution >= 0.6 is 0 Å². The summed E-state index contributed by atoms with van der Waals surface area (Å²) in [6.07, 6.45) is 7.94. The van der Waals surface area contributed by atoms with Crippen LogP contribution in [0.4, 0.5) is 0 Å². The van der Waals surface area contributed by atoms with E-state index in [1.54, 1.807) is 13.2 Å². The molecule has 0 aliphatic carbocycles. The van der Waals surface area contributed by atoms with E-state index < -0.39 is 0 Å². The fourth-order valence-corrected chi connectivity index (χ4v) is 2.34. The van der Waals surface area contributed by atoms with Crippen LogP contribution < -0.4 is 0 Å². The van der Waals surface area contributed by atoms with Gasteiger partial charge in [-0.2, -0.15) is 0 Å². The van der Waals surface area contributed by atoms with Gasteiger partial charge < -0.3 is 9.47 Å². The highest BCUT2D eigenvalue weighted by atomic mass is 16.5. The van der Waals surface area contributed by atoms with Gasteiger partial charge in [0.15, 0.2) is 5.78 Å². The van der Waals surface area contributed by atoms with E-state index in [2.05, 4.69) is 20.8 Å². The summed E-state index contributed by atoms with van der Waals surface area (Å²) < 4.78 is 10.2. The van der Waals surface area contributed by atoms with Crippen LogP contribution in [0.15, 0.2) is 12.2 Å². The van der Waals surface area contributed by atoms with E-state index in [1.807, 2.05) is 6.08 Å². The van der Waals surface area contributed by atoms with Gasteiger partial charge in [0.25, 0.3) is 0 Å². The lowest BCUT2D eigenvalue weighted by atomic mass is 9.94. The van der Waals surface area contributed by atoms with Gasteiger partial charge in [0.05, 0.1) is 17.9 Å². The molecule has 120 valence electrons. The molecule has 4 heteroatoms. The molecular formula is C17H28O4. The van der Waals surface area contributed by atoms with E-state index in [0.29, 0.717) is 5.92 Å². The van der Waals surface area contributed by atoms with E-state index in [4.69, 9.17) is 9.47 Å². The Hall–Kier alpha value is -1.16. The van der Waals surface area contributed by atoms with E-state index in [0.717, 1.165) is 25.7 Å². The van der Waals surface area contributed by atoms with Crippen molar-refractivity contribution >= 4 is 11.8 Å². The van der Waals surface area contributed by atoms with Crippen LogP contribution in [0, 0.1) is 11.8 Å². The van der Waals surface area contributed by atoms with Gasteiger partial charge in [-0.1, -0.05) is 25.8 Å². The quantitative estimate of drug-likeness (QED) is 0.484. The summed E-state index contributed by atoms with van der Waals surface area (Å²) in [6, 6.07) is 0. The van der Waals surface area contributed by atoms with Crippen molar-refractivity contribution in [1.82, 2.24) is 0 Å². The van der Waals surface area contributed by atoms with Crippen LogP contribution in [0.3, 0.4) is 0 Å². The molecular weight excluding hydrogens is 268 g/mol. The number of methoxy groups -OCH3 is 1. The van der Waals surface area contributed by atoms with Gasteiger partial charge in [-0.25, -0.2) is 0 Å². The largest absolute Gasteiger partial charge is 0.465 e. The van der Waals surface area contributed by atoms with Crippen molar-refractivity contribution in [2.24, 2.45) is 11.8 Å². The molecule has 2 atom stereocenters. The number of ether oxygens (including phenoxy) is 2. The molecule has 21 heavy (non-hydrogen) atoms. The number of hydrogen-bond acceptors (Lipinski definition) is 4. The average Bonchev–Trinajstić information content (AvgIpc) is 2.85. The van der Waals surface area contributed by atoms with Crippen molar-refractivity contribution in [3.63, 3.8) is 0 Å². The maximum Gasteiger partial charge on any atom is 0.306 e. The third-order valence-corrected chi connectivity index (χ3v) is 4.11. The lowest BCUT2D eigenvalue weighted by Gasteiger charge is -2.23. The summed E-state index contributed by atoms with van der Waals surface area (Å²) in [4.78, 5) is 22.8. The smallest absolute Gasteiger partial charge is 0.306 e. The Morgan fingerprint density at radius 3 is 2.81 bits per heavy atom. The molecule has 0 bridgehead atoms. The van der Waals surface area contributed by atoms with Crippen molar-refractivity contribution in [2.75, 3.05) is 13.7 Å². The summed E-state index contributed by atoms with van der Waals surface area (Å²) >= 11 is 0. The number of carbonyl (C=O) groups is 2. The Morgan fingerprint density at radius 2 is 2.24 bits per heavy atom. The first kappa shape index (κ1) is 17.9. The molecule has 1 saturated heterocycles. The number of cyclic esters (lactones) is 1. The number of hydrogen-bond donors (Lipinski definition) is 0. The van der Waals surface area contributed by atoms with Gasteiger partial charge in [-0.15, -0.1) is 0 Å². The van der Waals surface area contributed by atoms with Crippen LogP contribution in [-0.2, 0) is 19.1 Å². The molecule has 0 aromatic heterocycles.